The Labute approximate surface area is 336 Å². The molecular formula is C39H50O20. The molecule has 0 amide bonds. The molecule has 1 aromatic heterocycles. The Morgan fingerprint density at radius 1 is 0.746 bits per heavy atom. The fraction of sp³-hybridized carbons (Fsp3) is 0.564. The van der Waals surface area contributed by atoms with Gasteiger partial charge in [0.25, 0.3) is 0 Å². The Hall–Kier alpha value is -3.97. The molecule has 20 nitrogen and oxygen atoms in total. The van der Waals surface area contributed by atoms with Crippen LogP contribution in [0.15, 0.2) is 51.2 Å². The monoisotopic (exact) mass is 838 g/mol. The third-order valence-electron chi connectivity index (χ3n) is 10.5. The largest absolute Gasteiger partial charge is 0.507 e. The highest BCUT2D eigenvalue weighted by Crippen LogP contribution is 2.42. The SMILES string of the molecule is COc1ccc(-c2oc3c(CC=C(C)C)c(O[C@@H]4O[C@H](CO)[C@@H](O)[C@H](O)[C@H]4O)cc(O)c3c(=O)c2O[C@@H]2O[C@@H](C)[C@H](OC3O[C@H](CO)[C@@H](O)[C@H](O)[C@H]3O)[C@@H](O)[C@H]2O)cc1. The van der Waals surface area contributed by atoms with Gasteiger partial charge >= 0.3 is 0 Å². The molecule has 3 aliphatic rings. The summed E-state index contributed by atoms with van der Waals surface area (Å²) in [7, 11) is 1.44. The van der Waals surface area contributed by atoms with E-state index >= 15 is 0 Å². The number of aliphatic hydroxyl groups is 10. The van der Waals surface area contributed by atoms with E-state index in [0.717, 1.165) is 11.6 Å². The number of phenolic OH excluding ortho intramolecular Hbond substituents is 1. The van der Waals surface area contributed by atoms with Crippen LogP contribution in [0.4, 0.5) is 0 Å². The highest BCUT2D eigenvalue weighted by atomic mass is 16.7. The molecule has 2 aromatic carbocycles. The van der Waals surface area contributed by atoms with Gasteiger partial charge in [0.15, 0.2) is 12.1 Å². The number of benzene rings is 2. The highest BCUT2D eigenvalue weighted by Gasteiger charge is 2.51. The standard InChI is InChI=1S/C39H50O20/c1-14(2)5-10-18-20(54-38-30(49)27(46)24(43)21(12-40)55-38)11-19(42)23-26(45)36(34(57-35(18)23)16-6-8-17(52-4)9-7-16)59-37-32(51)29(48)33(15(3)53-37)58-39-31(50)28(47)25(44)22(13-41)56-39/h5-9,11,15,21-22,24-25,27-33,37-44,46-51H,10,12-13H2,1-4H3/t15-,21+,22+,24+,25+,27-,28-,29-,30+,31+,32+,33-,37-,38+,39?/m0/s1. The van der Waals surface area contributed by atoms with Crippen molar-refractivity contribution in [2.45, 2.75) is 119 Å². The van der Waals surface area contributed by atoms with Crippen LogP contribution < -0.4 is 19.6 Å². The van der Waals surface area contributed by atoms with Gasteiger partial charge in [0.1, 0.15) is 95.4 Å². The van der Waals surface area contributed by atoms with E-state index in [-0.39, 0.29) is 34.6 Å². The van der Waals surface area contributed by atoms with Crippen molar-refractivity contribution in [3.8, 4) is 34.3 Å². The summed E-state index contributed by atoms with van der Waals surface area (Å²) in [5.41, 5.74) is 0.0328. The van der Waals surface area contributed by atoms with E-state index in [1.165, 1.54) is 26.2 Å². The molecule has 3 fully saturated rings. The van der Waals surface area contributed by atoms with Gasteiger partial charge in [0, 0.05) is 17.2 Å². The molecule has 3 aliphatic heterocycles. The number of methoxy groups -OCH3 is 1. The third-order valence-corrected chi connectivity index (χ3v) is 10.5. The molecule has 11 N–H and O–H groups in total. The van der Waals surface area contributed by atoms with Gasteiger partial charge in [-0.15, -0.1) is 0 Å². The fourth-order valence-electron chi connectivity index (χ4n) is 7.04. The number of phenols is 1. The number of hydrogen-bond donors (Lipinski definition) is 11. The van der Waals surface area contributed by atoms with Crippen molar-refractivity contribution in [1.29, 1.82) is 0 Å². The van der Waals surface area contributed by atoms with E-state index in [1.54, 1.807) is 32.1 Å². The molecule has 0 spiro atoms. The number of ether oxygens (including phenoxy) is 7. The first-order chi connectivity index (χ1) is 28.0. The van der Waals surface area contributed by atoms with Gasteiger partial charge in [-0.2, -0.15) is 0 Å². The smallest absolute Gasteiger partial charge is 0.239 e. The molecule has 3 saturated heterocycles. The average molecular weight is 839 g/mol. The zero-order chi connectivity index (χ0) is 43.0. The van der Waals surface area contributed by atoms with Crippen molar-refractivity contribution >= 4 is 11.0 Å². The van der Waals surface area contributed by atoms with E-state index in [0.29, 0.717) is 5.75 Å². The van der Waals surface area contributed by atoms with Crippen molar-refractivity contribution < 1.29 is 93.7 Å². The van der Waals surface area contributed by atoms with E-state index in [9.17, 15) is 61.0 Å². The fourth-order valence-corrected chi connectivity index (χ4v) is 7.04. The molecule has 4 heterocycles. The molecule has 59 heavy (non-hydrogen) atoms. The van der Waals surface area contributed by atoms with Crippen LogP contribution >= 0.6 is 0 Å². The van der Waals surface area contributed by atoms with Crippen molar-refractivity contribution in [2.75, 3.05) is 20.3 Å². The van der Waals surface area contributed by atoms with E-state index < -0.39 is 128 Å². The lowest BCUT2D eigenvalue weighted by Crippen LogP contribution is -2.64. The maximum atomic E-state index is 14.6. The van der Waals surface area contributed by atoms with Crippen LogP contribution in [0.5, 0.6) is 23.0 Å². The number of aromatic hydroxyl groups is 1. The van der Waals surface area contributed by atoms with Crippen molar-refractivity contribution in [3.05, 3.63) is 57.8 Å². The molecule has 1 unspecified atom stereocenters. The van der Waals surface area contributed by atoms with Crippen molar-refractivity contribution in [3.63, 3.8) is 0 Å². The Balaban J connectivity index is 1.41. The van der Waals surface area contributed by atoms with Gasteiger partial charge in [0.05, 0.1) is 26.4 Å². The highest BCUT2D eigenvalue weighted by molar-refractivity contribution is 5.91. The Morgan fingerprint density at radius 3 is 1.88 bits per heavy atom. The van der Waals surface area contributed by atoms with E-state index in [4.69, 9.17) is 37.6 Å². The number of rotatable bonds is 12. The van der Waals surface area contributed by atoms with Gasteiger partial charge in [-0.25, -0.2) is 0 Å². The minimum Gasteiger partial charge on any atom is -0.507 e. The minimum atomic E-state index is -1.96. The predicted molar refractivity (Wildman–Crippen MR) is 199 cm³/mol. The predicted octanol–water partition coefficient (Wildman–Crippen LogP) is -2.11. The minimum absolute atomic E-state index is 0.0149. The van der Waals surface area contributed by atoms with Gasteiger partial charge in [-0.1, -0.05) is 11.6 Å². The number of allylic oxidation sites excluding steroid dienone is 2. The lowest BCUT2D eigenvalue weighted by atomic mass is 9.97. The Kier molecular flexibility index (Phi) is 13.9. The summed E-state index contributed by atoms with van der Waals surface area (Å²) in [5, 5.41) is 115. The molecule has 20 heteroatoms. The second-order valence-corrected chi connectivity index (χ2v) is 14.8. The van der Waals surface area contributed by atoms with Crippen LogP contribution in [-0.4, -0.2) is 169 Å². The van der Waals surface area contributed by atoms with Crippen LogP contribution in [0.1, 0.15) is 26.3 Å². The first kappa shape index (κ1) is 44.6. The zero-order valence-electron chi connectivity index (χ0n) is 32.3. The summed E-state index contributed by atoms with van der Waals surface area (Å²) in [6.07, 6.45) is -23.0. The topological polar surface area (TPSA) is 317 Å². The molecular weight excluding hydrogens is 788 g/mol. The molecule has 0 saturated carbocycles. The molecule has 0 aliphatic carbocycles. The summed E-state index contributed by atoms with van der Waals surface area (Å²) >= 11 is 0. The van der Waals surface area contributed by atoms with Gasteiger partial charge < -0.3 is 93.7 Å². The zero-order valence-corrected chi connectivity index (χ0v) is 32.3. The number of fused-ring (bicyclic) bond motifs is 1. The second-order valence-electron chi connectivity index (χ2n) is 14.8. The maximum Gasteiger partial charge on any atom is 0.239 e. The normalized spacial score (nSPS) is 35.0. The number of hydrogen-bond acceptors (Lipinski definition) is 20. The van der Waals surface area contributed by atoms with Crippen LogP contribution in [0, 0.1) is 0 Å². The summed E-state index contributed by atoms with van der Waals surface area (Å²) in [5.74, 6) is -1.25. The Morgan fingerprint density at radius 2 is 1.31 bits per heavy atom. The lowest BCUT2D eigenvalue weighted by molar-refractivity contribution is -0.348. The van der Waals surface area contributed by atoms with E-state index in [1.807, 2.05) is 0 Å². The first-order valence-electron chi connectivity index (χ1n) is 18.8. The molecule has 0 bridgehead atoms. The third kappa shape index (κ3) is 8.79. The summed E-state index contributed by atoms with van der Waals surface area (Å²) in [6.45, 7) is 3.53. The molecule has 326 valence electrons. The molecule has 15 atom stereocenters. The summed E-state index contributed by atoms with van der Waals surface area (Å²) in [4.78, 5) is 14.6. The van der Waals surface area contributed by atoms with Crippen molar-refractivity contribution in [2.24, 2.45) is 0 Å². The van der Waals surface area contributed by atoms with Gasteiger partial charge in [0.2, 0.25) is 23.8 Å². The van der Waals surface area contributed by atoms with Crippen LogP contribution in [-0.2, 0) is 25.4 Å². The number of aliphatic hydroxyl groups excluding tert-OH is 10. The Bertz CT molecular complexity index is 1990. The molecule has 0 radical (unpaired) electrons. The first-order valence-corrected chi connectivity index (χ1v) is 18.8. The lowest BCUT2D eigenvalue weighted by Gasteiger charge is -2.45. The quantitative estimate of drug-likeness (QED) is 0.0870. The summed E-state index contributed by atoms with van der Waals surface area (Å²) in [6, 6.07) is 7.22. The van der Waals surface area contributed by atoms with Gasteiger partial charge in [-0.3, -0.25) is 4.79 Å². The van der Waals surface area contributed by atoms with Crippen LogP contribution in [0.2, 0.25) is 0 Å². The second kappa shape index (κ2) is 18.3. The summed E-state index contributed by atoms with van der Waals surface area (Å²) < 4.78 is 46.2. The maximum absolute atomic E-state index is 14.6. The van der Waals surface area contributed by atoms with E-state index in [2.05, 4.69) is 0 Å². The average Bonchev–Trinajstić information content (AvgIpc) is 3.21. The van der Waals surface area contributed by atoms with Crippen LogP contribution in [0.25, 0.3) is 22.3 Å². The molecule has 3 aromatic rings. The van der Waals surface area contributed by atoms with Gasteiger partial charge in [-0.05, 0) is 51.5 Å². The van der Waals surface area contributed by atoms with Crippen molar-refractivity contribution in [1.82, 2.24) is 0 Å². The van der Waals surface area contributed by atoms with Crippen LogP contribution in [0.3, 0.4) is 0 Å². The molecule has 6 rings (SSSR count).